The molecule has 0 aromatic heterocycles. The zero-order chi connectivity index (χ0) is 19.0. The molecule has 0 amide bonds. The number of rotatable bonds is 6. The van der Waals surface area contributed by atoms with E-state index < -0.39 is 20.8 Å². The molecule has 6 nitrogen and oxygen atoms in total. The molecule has 1 aliphatic heterocycles. The fourth-order valence-electron chi connectivity index (χ4n) is 3.48. The van der Waals surface area contributed by atoms with E-state index in [-0.39, 0.29) is 28.2 Å². The number of fused-ring (bicyclic) bond motifs is 2. The third kappa shape index (κ3) is 3.60. The standard InChI is InChI=1S/C18H18FN3O3S2/c19-13-5-6-14-12(10-13)4-7-15(14)20-8-9-22-27(24,25)17-3-1-2-16-18(17)26(23)11-21-16/h1-3,5-6,10-11,15,20,22H,4,7-9H2. The van der Waals surface area contributed by atoms with Crippen LogP contribution in [0.3, 0.4) is 0 Å². The molecule has 27 heavy (non-hydrogen) atoms. The van der Waals surface area contributed by atoms with Crippen molar-refractivity contribution in [1.29, 1.82) is 0 Å². The largest absolute Gasteiger partial charge is 0.309 e. The second-order valence-electron chi connectivity index (χ2n) is 6.42. The molecule has 9 heteroatoms. The lowest BCUT2D eigenvalue weighted by Gasteiger charge is -2.15. The summed E-state index contributed by atoms with van der Waals surface area (Å²) in [5.41, 5.74) is 3.72. The molecule has 2 aromatic carbocycles. The first-order chi connectivity index (χ1) is 13.0. The van der Waals surface area contributed by atoms with Gasteiger partial charge < -0.3 is 5.32 Å². The number of sulfonamides is 1. The Morgan fingerprint density at radius 2 is 2.07 bits per heavy atom. The van der Waals surface area contributed by atoms with Gasteiger partial charge in [0.05, 0.1) is 26.9 Å². The molecule has 2 atom stereocenters. The monoisotopic (exact) mass is 407 g/mol. The SMILES string of the molecule is O=S1C=Nc2cccc(S(=O)(=O)NCCNC3CCc4cc(F)ccc43)c21. The third-order valence-corrected chi connectivity index (χ3v) is 7.49. The number of hydrogen-bond acceptors (Lipinski definition) is 5. The highest BCUT2D eigenvalue weighted by molar-refractivity contribution is 7.99. The van der Waals surface area contributed by atoms with Gasteiger partial charge in [-0.1, -0.05) is 12.1 Å². The molecule has 2 N–H and O–H groups in total. The van der Waals surface area contributed by atoms with Crippen LogP contribution in [0.15, 0.2) is 51.2 Å². The van der Waals surface area contributed by atoms with Crippen LogP contribution in [-0.2, 0) is 27.2 Å². The summed E-state index contributed by atoms with van der Waals surface area (Å²) in [5.74, 6) is -0.237. The summed E-state index contributed by atoms with van der Waals surface area (Å²) >= 11 is 0. The Balaban J connectivity index is 1.38. The van der Waals surface area contributed by atoms with Crippen molar-refractivity contribution in [3.8, 4) is 0 Å². The molecule has 2 aliphatic rings. The van der Waals surface area contributed by atoms with Crippen molar-refractivity contribution in [2.45, 2.75) is 28.7 Å². The van der Waals surface area contributed by atoms with Crippen molar-refractivity contribution >= 4 is 32.1 Å². The Hall–Kier alpha value is -1.94. The third-order valence-electron chi connectivity index (χ3n) is 4.73. The molecule has 4 rings (SSSR count). The highest BCUT2D eigenvalue weighted by atomic mass is 32.2. The van der Waals surface area contributed by atoms with E-state index in [0.29, 0.717) is 12.2 Å². The summed E-state index contributed by atoms with van der Waals surface area (Å²) in [6.07, 6.45) is 1.66. The predicted molar refractivity (Wildman–Crippen MR) is 102 cm³/mol. The highest BCUT2D eigenvalue weighted by Gasteiger charge is 2.27. The first-order valence-corrected chi connectivity index (χ1v) is 11.2. The zero-order valence-corrected chi connectivity index (χ0v) is 15.9. The first kappa shape index (κ1) is 18.4. The minimum Gasteiger partial charge on any atom is -0.309 e. The Labute approximate surface area is 159 Å². The average molecular weight is 407 g/mol. The summed E-state index contributed by atoms with van der Waals surface area (Å²) in [6.45, 7) is 0.613. The van der Waals surface area contributed by atoms with Crippen LogP contribution in [0.1, 0.15) is 23.6 Å². The Kier molecular flexibility index (Phi) is 4.94. The lowest BCUT2D eigenvalue weighted by molar-refractivity contribution is 0.524. The van der Waals surface area contributed by atoms with E-state index in [4.69, 9.17) is 0 Å². The van der Waals surface area contributed by atoms with Gasteiger partial charge in [-0.2, -0.15) is 0 Å². The zero-order valence-electron chi connectivity index (χ0n) is 14.3. The second kappa shape index (κ2) is 7.23. The van der Waals surface area contributed by atoms with E-state index in [0.717, 1.165) is 24.0 Å². The maximum Gasteiger partial charge on any atom is 0.241 e. The average Bonchev–Trinajstić information content (AvgIpc) is 3.22. The molecule has 0 fully saturated rings. The summed E-state index contributed by atoms with van der Waals surface area (Å²) < 4.78 is 53.0. The summed E-state index contributed by atoms with van der Waals surface area (Å²) in [7, 11) is -5.34. The van der Waals surface area contributed by atoms with Crippen molar-refractivity contribution in [1.82, 2.24) is 10.0 Å². The molecule has 0 spiro atoms. The highest BCUT2D eigenvalue weighted by Crippen LogP contribution is 2.33. The van der Waals surface area contributed by atoms with Gasteiger partial charge in [-0.25, -0.2) is 26.7 Å². The van der Waals surface area contributed by atoms with Crippen LogP contribution in [0, 0.1) is 5.82 Å². The molecule has 0 radical (unpaired) electrons. The smallest absolute Gasteiger partial charge is 0.241 e. The van der Waals surface area contributed by atoms with E-state index in [2.05, 4.69) is 15.0 Å². The summed E-state index contributed by atoms with van der Waals surface area (Å²) in [6, 6.07) is 9.52. The van der Waals surface area contributed by atoms with Gasteiger partial charge in [0.1, 0.15) is 10.7 Å². The van der Waals surface area contributed by atoms with Gasteiger partial charge >= 0.3 is 0 Å². The van der Waals surface area contributed by atoms with Crippen molar-refractivity contribution in [3.63, 3.8) is 0 Å². The maximum absolute atomic E-state index is 13.3. The summed E-state index contributed by atoms with van der Waals surface area (Å²) in [4.78, 5) is 4.20. The van der Waals surface area contributed by atoms with Crippen LogP contribution in [0.4, 0.5) is 10.1 Å². The molecule has 2 unspecified atom stereocenters. The van der Waals surface area contributed by atoms with Gasteiger partial charge in [-0.3, -0.25) is 0 Å². The molecular weight excluding hydrogens is 389 g/mol. The van der Waals surface area contributed by atoms with E-state index in [1.54, 1.807) is 24.3 Å². The predicted octanol–water partition coefficient (Wildman–Crippen LogP) is 2.16. The van der Waals surface area contributed by atoms with Gasteiger partial charge in [0.25, 0.3) is 0 Å². The fraction of sp³-hybridized carbons (Fsp3) is 0.278. The molecule has 0 saturated carbocycles. The van der Waals surface area contributed by atoms with Gasteiger partial charge in [-0.05, 0) is 48.2 Å². The lowest BCUT2D eigenvalue weighted by Crippen LogP contribution is -2.33. The van der Waals surface area contributed by atoms with Crippen molar-refractivity contribution in [2.24, 2.45) is 4.99 Å². The van der Waals surface area contributed by atoms with E-state index in [1.165, 1.54) is 17.7 Å². The van der Waals surface area contributed by atoms with E-state index >= 15 is 0 Å². The van der Waals surface area contributed by atoms with Gasteiger partial charge in [-0.15, -0.1) is 0 Å². The van der Waals surface area contributed by atoms with Crippen LogP contribution in [0.25, 0.3) is 0 Å². The van der Waals surface area contributed by atoms with Crippen LogP contribution in [-0.4, -0.2) is 31.3 Å². The number of nitrogens with zero attached hydrogens (tertiary/aromatic N) is 1. The lowest BCUT2D eigenvalue weighted by atomic mass is 10.1. The molecule has 2 aromatic rings. The van der Waals surface area contributed by atoms with Crippen molar-refractivity contribution in [3.05, 3.63) is 53.3 Å². The van der Waals surface area contributed by atoms with Crippen LogP contribution >= 0.6 is 0 Å². The quantitative estimate of drug-likeness (QED) is 0.719. The topological polar surface area (TPSA) is 87.6 Å². The molecule has 1 heterocycles. The second-order valence-corrected chi connectivity index (χ2v) is 9.37. The number of halogens is 1. The van der Waals surface area contributed by atoms with Gasteiger partial charge in [0.15, 0.2) is 0 Å². The summed E-state index contributed by atoms with van der Waals surface area (Å²) in [5, 5.41) is 3.31. The Bertz CT molecular complexity index is 1050. The Morgan fingerprint density at radius 1 is 1.22 bits per heavy atom. The van der Waals surface area contributed by atoms with Gasteiger partial charge in [0.2, 0.25) is 10.0 Å². The normalized spacial score (nSPS) is 20.6. The number of nitrogens with one attached hydrogen (secondary N) is 2. The fourth-order valence-corrected chi connectivity index (χ4v) is 6.10. The van der Waals surface area contributed by atoms with Crippen molar-refractivity contribution < 1.29 is 17.0 Å². The maximum atomic E-state index is 13.3. The van der Waals surface area contributed by atoms with E-state index in [1.807, 2.05) is 0 Å². The Morgan fingerprint density at radius 3 is 2.93 bits per heavy atom. The molecular formula is C18H18FN3O3S2. The molecule has 0 saturated heterocycles. The molecule has 0 bridgehead atoms. The van der Waals surface area contributed by atoms with Crippen LogP contribution in [0.5, 0.6) is 0 Å². The number of hydrogen-bond donors (Lipinski definition) is 2. The van der Waals surface area contributed by atoms with Crippen LogP contribution in [0.2, 0.25) is 0 Å². The molecule has 1 aliphatic carbocycles. The number of aryl methyl sites for hydroxylation is 1. The van der Waals surface area contributed by atoms with Crippen LogP contribution < -0.4 is 10.0 Å². The van der Waals surface area contributed by atoms with Crippen molar-refractivity contribution in [2.75, 3.05) is 13.1 Å². The number of benzene rings is 2. The number of aliphatic imine (C=N–C) groups is 1. The first-order valence-electron chi connectivity index (χ1n) is 8.55. The molecule has 142 valence electrons. The van der Waals surface area contributed by atoms with Gasteiger partial charge in [0, 0.05) is 19.1 Å². The van der Waals surface area contributed by atoms with E-state index in [9.17, 15) is 17.0 Å². The minimum absolute atomic E-state index is 0.00230. The minimum atomic E-state index is -3.79.